The Labute approximate surface area is 175 Å². The third-order valence-corrected chi connectivity index (χ3v) is 7.04. The molecule has 6 nitrogen and oxygen atoms in total. The van der Waals surface area contributed by atoms with Crippen LogP contribution in [0.15, 0.2) is 46.9 Å². The summed E-state index contributed by atoms with van der Waals surface area (Å²) in [6.07, 6.45) is 7.03. The third-order valence-electron chi connectivity index (χ3n) is 5.46. The summed E-state index contributed by atoms with van der Waals surface area (Å²) in [4.78, 5) is 14.4. The molecule has 4 rings (SSSR count). The highest BCUT2D eigenvalue weighted by Gasteiger charge is 2.37. The van der Waals surface area contributed by atoms with Crippen LogP contribution < -0.4 is 4.72 Å². The quantitative estimate of drug-likeness (QED) is 0.763. The van der Waals surface area contributed by atoms with Crippen LogP contribution in [0.1, 0.15) is 55.0 Å². The van der Waals surface area contributed by atoms with Gasteiger partial charge in [0.2, 0.25) is 15.9 Å². The van der Waals surface area contributed by atoms with Gasteiger partial charge in [-0.1, -0.05) is 37.5 Å². The molecule has 1 saturated carbocycles. The summed E-state index contributed by atoms with van der Waals surface area (Å²) in [6.45, 7) is 0. The number of hydrazone groups is 1. The number of rotatable bonds is 5. The molecule has 1 fully saturated rings. The Morgan fingerprint density at radius 1 is 1.17 bits per heavy atom. The molecule has 2 heterocycles. The second kappa shape index (κ2) is 8.28. The van der Waals surface area contributed by atoms with Crippen molar-refractivity contribution in [2.75, 3.05) is 11.0 Å². The Hall–Kier alpha value is -2.19. The highest BCUT2D eigenvalue weighted by Crippen LogP contribution is 2.38. The number of hydrogen-bond acceptors (Lipinski definition) is 5. The lowest BCUT2D eigenvalue weighted by Crippen LogP contribution is -2.33. The number of carbonyl (C=O) groups is 1. The molecular formula is C21H25N3O3S2. The molecule has 29 heavy (non-hydrogen) atoms. The number of sulfonamides is 1. The first-order valence-corrected chi connectivity index (χ1v) is 12.7. The van der Waals surface area contributed by atoms with E-state index in [1.54, 1.807) is 34.5 Å². The van der Waals surface area contributed by atoms with Crippen LogP contribution in [-0.2, 0) is 14.8 Å². The van der Waals surface area contributed by atoms with Gasteiger partial charge in [0.1, 0.15) is 0 Å². The number of anilines is 1. The van der Waals surface area contributed by atoms with Crippen LogP contribution in [0.4, 0.5) is 5.69 Å². The zero-order chi connectivity index (χ0) is 20.4. The lowest BCUT2D eigenvalue weighted by atomic mass is 9.88. The maximum Gasteiger partial charge on any atom is 0.246 e. The Kier molecular flexibility index (Phi) is 5.74. The van der Waals surface area contributed by atoms with Crippen molar-refractivity contribution >= 4 is 38.7 Å². The van der Waals surface area contributed by atoms with Crippen LogP contribution in [0.2, 0.25) is 0 Å². The van der Waals surface area contributed by atoms with E-state index in [4.69, 9.17) is 5.10 Å². The van der Waals surface area contributed by atoms with Crippen LogP contribution in [0.25, 0.3) is 0 Å². The van der Waals surface area contributed by atoms with E-state index in [1.807, 2.05) is 17.5 Å². The fourth-order valence-corrected chi connectivity index (χ4v) is 5.47. The molecule has 1 atom stereocenters. The second-order valence-electron chi connectivity index (χ2n) is 7.75. The van der Waals surface area contributed by atoms with E-state index in [1.165, 1.54) is 6.42 Å². The summed E-state index contributed by atoms with van der Waals surface area (Å²) in [6, 6.07) is 11.2. The first-order valence-electron chi connectivity index (χ1n) is 9.93. The molecule has 154 valence electrons. The molecule has 1 aromatic carbocycles. The van der Waals surface area contributed by atoms with Gasteiger partial charge in [-0.05, 0) is 42.0 Å². The van der Waals surface area contributed by atoms with Crippen LogP contribution in [0.5, 0.6) is 0 Å². The minimum absolute atomic E-state index is 0.0487. The van der Waals surface area contributed by atoms with Crippen molar-refractivity contribution in [1.82, 2.24) is 5.01 Å². The molecule has 1 aromatic heterocycles. The van der Waals surface area contributed by atoms with Crippen molar-refractivity contribution in [1.29, 1.82) is 0 Å². The summed E-state index contributed by atoms with van der Waals surface area (Å²) in [5, 5.41) is 8.45. The van der Waals surface area contributed by atoms with Gasteiger partial charge >= 0.3 is 0 Å². The predicted octanol–water partition coefficient (Wildman–Crippen LogP) is 4.38. The molecule has 0 spiro atoms. The lowest BCUT2D eigenvalue weighted by Gasteiger charge is -2.27. The van der Waals surface area contributed by atoms with Gasteiger partial charge in [0.15, 0.2) is 0 Å². The molecule has 2 aliphatic rings. The number of benzene rings is 1. The average Bonchev–Trinajstić information content (AvgIpc) is 3.37. The molecule has 0 saturated heterocycles. The summed E-state index contributed by atoms with van der Waals surface area (Å²) < 4.78 is 25.6. The molecule has 1 amide bonds. The van der Waals surface area contributed by atoms with E-state index in [0.29, 0.717) is 12.1 Å². The minimum Gasteiger partial charge on any atom is -0.284 e. The van der Waals surface area contributed by atoms with Crippen LogP contribution in [0.3, 0.4) is 0 Å². The lowest BCUT2D eigenvalue weighted by molar-refractivity contribution is -0.138. The summed E-state index contributed by atoms with van der Waals surface area (Å²) in [5.74, 6) is 0.163. The molecule has 1 aliphatic carbocycles. The van der Waals surface area contributed by atoms with Gasteiger partial charge in [-0.3, -0.25) is 9.52 Å². The molecule has 1 N–H and O–H groups in total. The van der Waals surface area contributed by atoms with Crippen LogP contribution >= 0.6 is 11.3 Å². The average molecular weight is 432 g/mol. The van der Waals surface area contributed by atoms with Crippen molar-refractivity contribution in [3.05, 3.63) is 52.2 Å². The SMILES string of the molecule is CS(=O)(=O)Nc1cccc(C2=NN(C(=O)C3CCCCC3)C(c3cccs3)C2)c1. The normalized spacial score (nSPS) is 20.5. The zero-order valence-electron chi connectivity index (χ0n) is 16.4. The smallest absolute Gasteiger partial charge is 0.246 e. The van der Waals surface area contributed by atoms with Gasteiger partial charge < -0.3 is 0 Å². The molecule has 2 aromatic rings. The summed E-state index contributed by atoms with van der Waals surface area (Å²) >= 11 is 1.64. The van der Waals surface area contributed by atoms with Gasteiger partial charge in [0, 0.05) is 22.9 Å². The molecular weight excluding hydrogens is 406 g/mol. The monoisotopic (exact) mass is 431 g/mol. The number of nitrogens with one attached hydrogen (secondary N) is 1. The van der Waals surface area contributed by atoms with E-state index < -0.39 is 10.0 Å². The second-order valence-corrected chi connectivity index (χ2v) is 10.5. The van der Waals surface area contributed by atoms with E-state index in [2.05, 4.69) is 10.8 Å². The molecule has 1 unspecified atom stereocenters. The Balaban J connectivity index is 1.64. The molecule has 1 aliphatic heterocycles. The summed E-state index contributed by atoms with van der Waals surface area (Å²) in [5.41, 5.74) is 2.14. The molecule has 0 radical (unpaired) electrons. The highest BCUT2D eigenvalue weighted by atomic mass is 32.2. The van der Waals surface area contributed by atoms with Gasteiger partial charge in [0.25, 0.3) is 0 Å². The minimum atomic E-state index is -3.36. The molecule has 8 heteroatoms. The van der Waals surface area contributed by atoms with E-state index >= 15 is 0 Å². The first kappa shape index (κ1) is 20.1. The van der Waals surface area contributed by atoms with Crippen LogP contribution in [0, 0.1) is 5.92 Å². The Morgan fingerprint density at radius 3 is 2.66 bits per heavy atom. The number of hydrogen-bond donors (Lipinski definition) is 1. The fraction of sp³-hybridized carbons (Fsp3) is 0.429. The maximum absolute atomic E-state index is 13.3. The summed E-state index contributed by atoms with van der Waals surface area (Å²) in [7, 11) is -3.36. The predicted molar refractivity (Wildman–Crippen MR) is 117 cm³/mol. The van der Waals surface area contributed by atoms with Crippen molar-refractivity contribution in [3.8, 4) is 0 Å². The first-order chi connectivity index (χ1) is 13.9. The fourth-order valence-electron chi connectivity index (χ4n) is 4.10. The van der Waals surface area contributed by atoms with Crippen molar-refractivity contribution in [2.24, 2.45) is 11.0 Å². The van der Waals surface area contributed by atoms with Gasteiger partial charge in [-0.2, -0.15) is 5.10 Å². The number of nitrogens with zero attached hydrogens (tertiary/aromatic N) is 2. The number of thiophene rings is 1. The topological polar surface area (TPSA) is 78.8 Å². The van der Waals surface area contributed by atoms with Gasteiger partial charge in [0.05, 0.1) is 18.0 Å². The third kappa shape index (κ3) is 4.70. The Morgan fingerprint density at radius 2 is 1.97 bits per heavy atom. The largest absolute Gasteiger partial charge is 0.284 e. The van der Waals surface area contributed by atoms with Crippen molar-refractivity contribution in [2.45, 2.75) is 44.6 Å². The van der Waals surface area contributed by atoms with Crippen LogP contribution in [-0.4, -0.2) is 31.3 Å². The maximum atomic E-state index is 13.3. The standard InChI is InChI=1S/C21H25N3O3S2/c1-29(26,27)23-17-10-5-9-16(13-17)18-14-19(20-11-6-12-28-20)24(22-18)21(25)15-7-3-2-4-8-15/h5-6,9-13,15,19,23H,2-4,7-8,14H2,1H3. The van der Waals surface area contributed by atoms with E-state index in [-0.39, 0.29) is 17.9 Å². The van der Waals surface area contributed by atoms with Crippen molar-refractivity contribution in [3.63, 3.8) is 0 Å². The highest BCUT2D eigenvalue weighted by molar-refractivity contribution is 7.92. The number of amides is 1. The Bertz CT molecular complexity index is 1010. The van der Waals surface area contributed by atoms with E-state index in [9.17, 15) is 13.2 Å². The number of carbonyl (C=O) groups excluding carboxylic acids is 1. The molecule has 0 bridgehead atoms. The van der Waals surface area contributed by atoms with E-state index in [0.717, 1.165) is 48.1 Å². The van der Waals surface area contributed by atoms with Gasteiger partial charge in [-0.25, -0.2) is 13.4 Å². The van der Waals surface area contributed by atoms with Crippen molar-refractivity contribution < 1.29 is 13.2 Å². The zero-order valence-corrected chi connectivity index (χ0v) is 18.0. The van der Waals surface area contributed by atoms with Gasteiger partial charge in [-0.15, -0.1) is 11.3 Å².